The van der Waals surface area contributed by atoms with E-state index < -0.39 is 0 Å². The summed E-state index contributed by atoms with van der Waals surface area (Å²) in [6, 6.07) is 10.5. The van der Waals surface area contributed by atoms with Crippen LogP contribution in [-0.2, 0) is 0 Å². The number of rotatable bonds is 0. The first-order valence-corrected chi connectivity index (χ1v) is 3.04. The molecule has 0 spiro atoms. The second-order valence-corrected chi connectivity index (χ2v) is 2.02. The molecule has 47 valence electrons. The highest BCUT2D eigenvalue weighted by atomic mass is 15.1. The first-order valence-electron chi connectivity index (χ1n) is 3.04. The van der Waals surface area contributed by atoms with Gasteiger partial charge in [-0.25, -0.2) is 0 Å². The van der Waals surface area contributed by atoms with Crippen molar-refractivity contribution in [3.8, 4) is 0 Å². The predicted octanol–water partition coefficient (Wildman–Crippen LogP) is 1.43. The van der Waals surface area contributed by atoms with Crippen LogP contribution in [0.3, 0.4) is 0 Å². The van der Waals surface area contributed by atoms with Crippen molar-refractivity contribution in [3.63, 3.8) is 0 Å². The molecule has 0 atom stereocenters. The van der Waals surface area contributed by atoms with Crippen molar-refractivity contribution in [2.24, 2.45) is 0 Å². The molecule has 0 aliphatic rings. The van der Waals surface area contributed by atoms with Gasteiger partial charge in [0.15, 0.2) is 0 Å². The van der Waals surface area contributed by atoms with Gasteiger partial charge in [0.25, 0.3) is 0 Å². The summed E-state index contributed by atoms with van der Waals surface area (Å²) in [6.45, 7) is 0. The molecule has 1 radical (unpaired) electrons. The van der Waals surface area contributed by atoms with Crippen LogP contribution in [0.4, 0.5) is 0 Å². The van der Waals surface area contributed by atoms with Crippen molar-refractivity contribution in [1.29, 1.82) is 0 Å². The molecule has 0 N–H and O–H groups in total. The minimum Gasteiger partial charge on any atom is -0.159 e. The topological polar surface area (TPSA) is 25.8 Å². The summed E-state index contributed by atoms with van der Waals surface area (Å²) in [5.41, 5.74) is 0.894. The predicted molar refractivity (Wildman–Crippen MR) is 38.4 cm³/mol. The maximum atomic E-state index is 3.90. The maximum Gasteiger partial charge on any atom is 0.0935 e. The Bertz CT molecular complexity index is 278. The Labute approximate surface area is 58.5 Å². The third-order valence-electron chi connectivity index (χ3n) is 1.36. The van der Waals surface area contributed by atoms with E-state index in [2.05, 4.69) is 16.3 Å². The van der Waals surface area contributed by atoms with Gasteiger partial charge in [-0.1, -0.05) is 12.1 Å². The average molecular weight is 129 g/mol. The van der Waals surface area contributed by atoms with Crippen LogP contribution in [0.5, 0.6) is 0 Å². The molecular weight excluding hydrogens is 124 g/mol. The van der Waals surface area contributed by atoms with Gasteiger partial charge < -0.3 is 0 Å². The van der Waals surface area contributed by atoms with E-state index in [1.54, 1.807) is 6.20 Å². The SMILES string of the molecule is [c]1ccc2ccnnc2c1. The van der Waals surface area contributed by atoms with Crippen molar-refractivity contribution < 1.29 is 0 Å². The monoisotopic (exact) mass is 129 g/mol. The van der Waals surface area contributed by atoms with Crippen molar-refractivity contribution in [3.05, 3.63) is 36.5 Å². The van der Waals surface area contributed by atoms with Crippen molar-refractivity contribution in [1.82, 2.24) is 10.2 Å². The van der Waals surface area contributed by atoms with E-state index >= 15 is 0 Å². The average Bonchev–Trinajstić information content (AvgIpc) is 2.05. The number of benzene rings is 1. The van der Waals surface area contributed by atoms with Gasteiger partial charge >= 0.3 is 0 Å². The first-order chi connectivity index (χ1) is 4.97. The van der Waals surface area contributed by atoms with Crippen LogP contribution in [-0.4, -0.2) is 10.2 Å². The quantitative estimate of drug-likeness (QED) is 0.537. The molecule has 0 saturated heterocycles. The molecule has 0 unspecified atom stereocenters. The molecule has 2 aromatic rings. The molecule has 1 aromatic carbocycles. The standard InChI is InChI=1S/C8H5N2/c1-2-4-8-7(3-1)5-6-9-10-8/h1,3-6H. The third-order valence-corrected chi connectivity index (χ3v) is 1.36. The molecule has 0 fully saturated rings. The molecule has 0 bridgehead atoms. The molecule has 0 aliphatic carbocycles. The Balaban J connectivity index is 2.89. The number of hydrogen-bond donors (Lipinski definition) is 0. The summed E-state index contributed by atoms with van der Waals surface area (Å²) in [7, 11) is 0. The second kappa shape index (κ2) is 2.06. The van der Waals surface area contributed by atoms with Gasteiger partial charge in [-0.3, -0.25) is 0 Å². The summed E-state index contributed by atoms with van der Waals surface area (Å²) in [6.07, 6.45) is 1.68. The smallest absolute Gasteiger partial charge is 0.0935 e. The van der Waals surface area contributed by atoms with E-state index in [0.29, 0.717) is 0 Å². The minimum atomic E-state index is 0.894. The Morgan fingerprint density at radius 3 is 3.20 bits per heavy atom. The number of hydrogen-bond acceptors (Lipinski definition) is 2. The maximum absolute atomic E-state index is 3.90. The van der Waals surface area contributed by atoms with E-state index in [1.807, 2.05) is 24.3 Å². The molecular formula is C8H5N2. The van der Waals surface area contributed by atoms with Gasteiger partial charge in [0, 0.05) is 5.39 Å². The highest BCUT2D eigenvalue weighted by molar-refractivity contribution is 5.76. The molecule has 0 aliphatic heterocycles. The molecule has 1 aromatic heterocycles. The van der Waals surface area contributed by atoms with Gasteiger partial charge in [-0.15, -0.1) is 0 Å². The minimum absolute atomic E-state index is 0.894. The summed E-state index contributed by atoms with van der Waals surface area (Å²) in [4.78, 5) is 0. The molecule has 2 heteroatoms. The first kappa shape index (κ1) is 5.35. The van der Waals surface area contributed by atoms with Crippen LogP contribution in [0, 0.1) is 6.07 Å². The van der Waals surface area contributed by atoms with Crippen LogP contribution in [0.2, 0.25) is 0 Å². The zero-order valence-electron chi connectivity index (χ0n) is 5.28. The highest BCUT2D eigenvalue weighted by Gasteiger charge is 1.88. The second-order valence-electron chi connectivity index (χ2n) is 2.02. The fourth-order valence-electron chi connectivity index (χ4n) is 0.870. The van der Waals surface area contributed by atoms with Crippen LogP contribution in [0.25, 0.3) is 10.9 Å². The van der Waals surface area contributed by atoms with Gasteiger partial charge in [0.1, 0.15) is 0 Å². The number of nitrogens with zero attached hydrogens (tertiary/aromatic N) is 2. The Morgan fingerprint density at radius 2 is 2.30 bits per heavy atom. The lowest BCUT2D eigenvalue weighted by Crippen LogP contribution is -1.79. The lowest BCUT2D eigenvalue weighted by atomic mass is 10.2. The lowest BCUT2D eigenvalue weighted by Gasteiger charge is -1.89. The molecule has 10 heavy (non-hydrogen) atoms. The fraction of sp³-hybridized carbons (Fsp3) is 0. The van der Waals surface area contributed by atoms with Gasteiger partial charge in [-0.2, -0.15) is 10.2 Å². The zero-order valence-corrected chi connectivity index (χ0v) is 5.28. The molecule has 0 saturated carbocycles. The highest BCUT2D eigenvalue weighted by Crippen LogP contribution is 2.06. The summed E-state index contributed by atoms with van der Waals surface area (Å²) < 4.78 is 0. The van der Waals surface area contributed by atoms with Gasteiger partial charge in [0.05, 0.1) is 11.7 Å². The van der Waals surface area contributed by atoms with Crippen LogP contribution in [0.15, 0.2) is 30.5 Å². The summed E-state index contributed by atoms with van der Waals surface area (Å²) in [5, 5.41) is 8.75. The van der Waals surface area contributed by atoms with E-state index in [-0.39, 0.29) is 0 Å². The van der Waals surface area contributed by atoms with Gasteiger partial charge in [-0.05, 0) is 18.2 Å². The van der Waals surface area contributed by atoms with E-state index in [9.17, 15) is 0 Å². The Hall–Kier alpha value is -1.44. The van der Waals surface area contributed by atoms with Crippen LogP contribution in [0.1, 0.15) is 0 Å². The van der Waals surface area contributed by atoms with Crippen molar-refractivity contribution in [2.45, 2.75) is 0 Å². The molecule has 2 rings (SSSR count). The number of fused-ring (bicyclic) bond motifs is 1. The van der Waals surface area contributed by atoms with Gasteiger partial charge in [0.2, 0.25) is 0 Å². The summed E-state index contributed by atoms with van der Waals surface area (Å²) >= 11 is 0. The van der Waals surface area contributed by atoms with Crippen molar-refractivity contribution >= 4 is 10.9 Å². The van der Waals surface area contributed by atoms with E-state index in [0.717, 1.165) is 10.9 Å². The molecule has 0 amide bonds. The normalized spacial score (nSPS) is 10.0. The number of aromatic nitrogens is 2. The molecule has 2 nitrogen and oxygen atoms in total. The van der Waals surface area contributed by atoms with E-state index in [1.165, 1.54) is 0 Å². The Kier molecular flexibility index (Phi) is 1.10. The summed E-state index contributed by atoms with van der Waals surface area (Å²) in [5.74, 6) is 0. The largest absolute Gasteiger partial charge is 0.159 e. The fourth-order valence-corrected chi connectivity index (χ4v) is 0.870. The lowest BCUT2D eigenvalue weighted by molar-refractivity contribution is 1.08. The molecule has 1 heterocycles. The Morgan fingerprint density at radius 1 is 1.30 bits per heavy atom. The van der Waals surface area contributed by atoms with Crippen LogP contribution < -0.4 is 0 Å². The van der Waals surface area contributed by atoms with Crippen LogP contribution >= 0.6 is 0 Å². The van der Waals surface area contributed by atoms with Crippen molar-refractivity contribution in [2.75, 3.05) is 0 Å². The van der Waals surface area contributed by atoms with E-state index in [4.69, 9.17) is 0 Å². The third kappa shape index (κ3) is 0.739. The zero-order chi connectivity index (χ0) is 6.81.